The first-order valence-corrected chi connectivity index (χ1v) is 6.33. The Hall–Kier alpha value is -0.570. The normalized spacial score (nSPS) is 17.0. The van der Waals surface area contributed by atoms with Gasteiger partial charge in [0.05, 0.1) is 0 Å². The molecule has 0 bridgehead atoms. The molecular formula is C12H17BrN2. The van der Waals surface area contributed by atoms with Crippen molar-refractivity contribution in [2.45, 2.75) is 38.6 Å². The second kappa shape index (κ2) is 4.52. The molecule has 0 N–H and O–H groups in total. The lowest BCUT2D eigenvalue weighted by Gasteiger charge is -2.25. The molecule has 0 saturated heterocycles. The number of aryl methyl sites for hydroxylation is 1. The van der Waals surface area contributed by atoms with Crippen molar-refractivity contribution in [2.24, 2.45) is 0 Å². The van der Waals surface area contributed by atoms with Crippen LogP contribution in [-0.2, 0) is 0 Å². The Morgan fingerprint density at radius 2 is 2.07 bits per heavy atom. The molecule has 1 fully saturated rings. The Kier molecular flexibility index (Phi) is 3.29. The molecule has 1 aromatic heterocycles. The number of rotatable bonds is 2. The van der Waals surface area contributed by atoms with E-state index in [4.69, 9.17) is 0 Å². The van der Waals surface area contributed by atoms with Crippen LogP contribution in [0.15, 0.2) is 16.7 Å². The molecule has 0 aliphatic heterocycles. The van der Waals surface area contributed by atoms with Crippen LogP contribution in [0.3, 0.4) is 0 Å². The molecule has 3 heteroatoms. The van der Waals surface area contributed by atoms with Gasteiger partial charge >= 0.3 is 0 Å². The molecule has 1 saturated carbocycles. The number of aromatic nitrogens is 1. The molecule has 1 aliphatic rings. The zero-order chi connectivity index (χ0) is 10.8. The average Bonchev–Trinajstić information content (AvgIpc) is 2.74. The molecule has 2 nitrogen and oxygen atoms in total. The smallest absolute Gasteiger partial charge is 0.128 e. The van der Waals surface area contributed by atoms with Gasteiger partial charge in [-0.2, -0.15) is 0 Å². The summed E-state index contributed by atoms with van der Waals surface area (Å²) in [5.74, 6) is 1.10. The topological polar surface area (TPSA) is 16.1 Å². The highest BCUT2D eigenvalue weighted by Crippen LogP contribution is 2.27. The van der Waals surface area contributed by atoms with Gasteiger partial charge in [0.25, 0.3) is 0 Å². The third-order valence-corrected chi connectivity index (χ3v) is 4.10. The summed E-state index contributed by atoms with van der Waals surface area (Å²) >= 11 is 3.48. The van der Waals surface area contributed by atoms with E-state index in [1.807, 2.05) is 6.20 Å². The fourth-order valence-corrected chi connectivity index (χ4v) is 2.41. The molecule has 0 unspecified atom stereocenters. The van der Waals surface area contributed by atoms with Gasteiger partial charge in [0, 0.05) is 23.8 Å². The van der Waals surface area contributed by atoms with E-state index in [0.29, 0.717) is 6.04 Å². The molecule has 0 atom stereocenters. The van der Waals surface area contributed by atoms with Gasteiger partial charge in [-0.1, -0.05) is 12.8 Å². The second-order valence-corrected chi connectivity index (χ2v) is 5.20. The van der Waals surface area contributed by atoms with Crippen LogP contribution in [0.1, 0.15) is 31.2 Å². The molecule has 1 heterocycles. The first kappa shape index (κ1) is 10.9. The lowest BCUT2D eigenvalue weighted by Crippen LogP contribution is -2.29. The molecule has 2 rings (SSSR count). The lowest BCUT2D eigenvalue weighted by atomic mass is 10.2. The van der Waals surface area contributed by atoms with Crippen LogP contribution in [0.2, 0.25) is 0 Å². The highest BCUT2D eigenvalue weighted by Gasteiger charge is 2.20. The van der Waals surface area contributed by atoms with Crippen LogP contribution in [-0.4, -0.2) is 18.1 Å². The highest BCUT2D eigenvalue weighted by atomic mass is 79.9. The molecule has 1 aliphatic carbocycles. The van der Waals surface area contributed by atoms with Crippen molar-refractivity contribution in [3.05, 3.63) is 22.3 Å². The molecular weight excluding hydrogens is 252 g/mol. The first-order chi connectivity index (χ1) is 7.18. The number of pyridine rings is 1. The van der Waals surface area contributed by atoms with E-state index in [1.54, 1.807) is 0 Å². The van der Waals surface area contributed by atoms with Gasteiger partial charge in [0.2, 0.25) is 0 Å². The van der Waals surface area contributed by atoms with E-state index in [0.717, 1.165) is 10.3 Å². The predicted molar refractivity (Wildman–Crippen MR) is 67.3 cm³/mol. The van der Waals surface area contributed by atoms with Crippen LogP contribution in [0, 0.1) is 6.92 Å². The van der Waals surface area contributed by atoms with Gasteiger partial charge in [0.15, 0.2) is 0 Å². The SMILES string of the molecule is Cc1cc(N(C)C2CCCC2)ncc1Br. The van der Waals surface area contributed by atoms with Crippen molar-refractivity contribution in [1.29, 1.82) is 0 Å². The minimum absolute atomic E-state index is 0.693. The van der Waals surface area contributed by atoms with Gasteiger partial charge in [-0.3, -0.25) is 0 Å². The molecule has 0 aromatic carbocycles. The summed E-state index contributed by atoms with van der Waals surface area (Å²) in [4.78, 5) is 6.79. The quantitative estimate of drug-likeness (QED) is 0.816. The zero-order valence-corrected chi connectivity index (χ0v) is 10.9. The monoisotopic (exact) mass is 268 g/mol. The van der Waals surface area contributed by atoms with Crippen LogP contribution in [0.4, 0.5) is 5.82 Å². The number of anilines is 1. The maximum atomic E-state index is 4.46. The van der Waals surface area contributed by atoms with E-state index >= 15 is 0 Å². The van der Waals surface area contributed by atoms with Crippen molar-refractivity contribution >= 4 is 21.7 Å². The van der Waals surface area contributed by atoms with Crippen molar-refractivity contribution in [3.63, 3.8) is 0 Å². The van der Waals surface area contributed by atoms with E-state index in [9.17, 15) is 0 Å². The van der Waals surface area contributed by atoms with E-state index < -0.39 is 0 Å². The Balaban J connectivity index is 2.17. The van der Waals surface area contributed by atoms with Gasteiger partial charge in [0.1, 0.15) is 5.82 Å². The van der Waals surface area contributed by atoms with Crippen molar-refractivity contribution in [1.82, 2.24) is 4.98 Å². The third kappa shape index (κ3) is 2.33. The van der Waals surface area contributed by atoms with Gasteiger partial charge < -0.3 is 4.90 Å². The summed E-state index contributed by atoms with van der Waals surface area (Å²) in [7, 11) is 2.16. The summed E-state index contributed by atoms with van der Waals surface area (Å²) in [6.07, 6.45) is 7.26. The fraction of sp³-hybridized carbons (Fsp3) is 0.583. The third-order valence-electron chi connectivity index (χ3n) is 3.27. The van der Waals surface area contributed by atoms with Gasteiger partial charge in [-0.25, -0.2) is 4.98 Å². The molecule has 0 amide bonds. The number of halogens is 1. The summed E-state index contributed by atoms with van der Waals surface area (Å²) in [5, 5.41) is 0. The highest BCUT2D eigenvalue weighted by molar-refractivity contribution is 9.10. The fourth-order valence-electron chi connectivity index (χ4n) is 2.20. The Morgan fingerprint density at radius 1 is 1.40 bits per heavy atom. The Bertz CT molecular complexity index is 345. The molecule has 15 heavy (non-hydrogen) atoms. The van der Waals surface area contributed by atoms with E-state index in [1.165, 1.54) is 31.2 Å². The number of nitrogens with zero attached hydrogens (tertiary/aromatic N) is 2. The largest absolute Gasteiger partial charge is 0.357 e. The van der Waals surface area contributed by atoms with Crippen LogP contribution < -0.4 is 4.90 Å². The van der Waals surface area contributed by atoms with Crippen LogP contribution in [0.5, 0.6) is 0 Å². The van der Waals surface area contributed by atoms with Gasteiger partial charge in [-0.05, 0) is 47.3 Å². The lowest BCUT2D eigenvalue weighted by molar-refractivity contribution is 0.646. The summed E-state index contributed by atoms with van der Waals surface area (Å²) in [6, 6.07) is 2.85. The average molecular weight is 269 g/mol. The molecule has 0 radical (unpaired) electrons. The van der Waals surface area contributed by atoms with Crippen LogP contribution >= 0.6 is 15.9 Å². The molecule has 0 spiro atoms. The predicted octanol–water partition coefficient (Wildman–Crippen LogP) is 3.53. The standard InChI is InChI=1S/C12H17BrN2/c1-9-7-12(14-8-11(9)13)15(2)10-5-3-4-6-10/h7-8,10H,3-6H2,1-2H3. The van der Waals surface area contributed by atoms with E-state index in [2.05, 4.69) is 45.9 Å². The summed E-state index contributed by atoms with van der Waals surface area (Å²) in [5.41, 5.74) is 1.25. The van der Waals surface area contributed by atoms with Crippen molar-refractivity contribution in [3.8, 4) is 0 Å². The zero-order valence-electron chi connectivity index (χ0n) is 9.33. The van der Waals surface area contributed by atoms with Gasteiger partial charge in [-0.15, -0.1) is 0 Å². The van der Waals surface area contributed by atoms with Crippen LogP contribution in [0.25, 0.3) is 0 Å². The number of hydrogen-bond acceptors (Lipinski definition) is 2. The Labute approximate surface area is 99.8 Å². The molecule has 1 aromatic rings. The first-order valence-electron chi connectivity index (χ1n) is 5.53. The summed E-state index contributed by atoms with van der Waals surface area (Å²) < 4.78 is 1.09. The van der Waals surface area contributed by atoms with Crippen molar-refractivity contribution < 1.29 is 0 Å². The van der Waals surface area contributed by atoms with E-state index in [-0.39, 0.29) is 0 Å². The Morgan fingerprint density at radius 3 is 2.67 bits per heavy atom. The minimum Gasteiger partial charge on any atom is -0.357 e. The van der Waals surface area contributed by atoms with Crippen molar-refractivity contribution in [2.75, 3.05) is 11.9 Å². The maximum absolute atomic E-state index is 4.46. The molecule has 82 valence electrons. The number of hydrogen-bond donors (Lipinski definition) is 0. The minimum atomic E-state index is 0.693. The summed E-state index contributed by atoms with van der Waals surface area (Å²) in [6.45, 7) is 2.11. The maximum Gasteiger partial charge on any atom is 0.128 e. The second-order valence-electron chi connectivity index (χ2n) is 4.34.